The van der Waals surface area contributed by atoms with Gasteiger partial charge in [-0.25, -0.2) is 0 Å². The average molecular weight is 277 g/mol. The van der Waals surface area contributed by atoms with Gasteiger partial charge in [0.05, 0.1) is 11.6 Å². The van der Waals surface area contributed by atoms with Crippen molar-refractivity contribution in [3.63, 3.8) is 0 Å². The van der Waals surface area contributed by atoms with E-state index in [2.05, 4.69) is 10.3 Å². The quantitative estimate of drug-likeness (QED) is 0.643. The summed E-state index contributed by atoms with van der Waals surface area (Å²) in [5.74, 6) is -0.718. The topological polar surface area (TPSA) is 105 Å². The Balaban J connectivity index is 1.76. The fraction of sp³-hybridized carbons (Fsp3) is 0.538. The molecule has 2 bridgehead atoms. The smallest absolute Gasteiger partial charge is 0.363 e. The molecule has 0 saturated heterocycles. The number of rotatable bonds is 4. The van der Waals surface area contributed by atoms with Crippen molar-refractivity contribution in [2.75, 3.05) is 5.32 Å². The van der Waals surface area contributed by atoms with Gasteiger partial charge in [0.25, 0.3) is 0 Å². The van der Waals surface area contributed by atoms with Crippen LogP contribution in [0.4, 0.5) is 11.5 Å². The molecule has 0 spiro atoms. The third-order valence-electron chi connectivity index (χ3n) is 4.47. The van der Waals surface area contributed by atoms with Gasteiger partial charge in [-0.1, -0.05) is 0 Å². The Kier molecular flexibility index (Phi) is 3.04. The minimum absolute atomic E-state index is 0.102. The number of hydrogen-bond acceptors (Lipinski definition) is 5. The third-order valence-corrected chi connectivity index (χ3v) is 4.47. The molecule has 2 aliphatic carbocycles. The van der Waals surface area contributed by atoms with Crippen molar-refractivity contribution >= 4 is 17.5 Å². The first-order valence-corrected chi connectivity index (χ1v) is 6.66. The number of nitro groups is 1. The van der Waals surface area contributed by atoms with Crippen molar-refractivity contribution in [3.05, 3.63) is 28.4 Å². The van der Waals surface area contributed by atoms with Crippen LogP contribution in [-0.4, -0.2) is 27.0 Å². The molecule has 2 fully saturated rings. The van der Waals surface area contributed by atoms with Gasteiger partial charge in [-0.05, 0) is 47.1 Å². The highest BCUT2D eigenvalue weighted by Crippen LogP contribution is 2.49. The third kappa shape index (κ3) is 2.09. The van der Waals surface area contributed by atoms with Gasteiger partial charge < -0.3 is 20.5 Å². The highest BCUT2D eigenvalue weighted by molar-refractivity contribution is 5.73. The number of nitrogens with zero attached hydrogens (tertiary/aromatic N) is 2. The van der Waals surface area contributed by atoms with Gasteiger partial charge in [0.2, 0.25) is 0 Å². The fourth-order valence-electron chi connectivity index (χ4n) is 3.63. The molecule has 4 unspecified atom stereocenters. The summed E-state index contributed by atoms with van der Waals surface area (Å²) >= 11 is 0. The molecular formula is C13H15N3O4. The number of aromatic nitrogens is 1. The first-order valence-electron chi connectivity index (χ1n) is 6.66. The lowest BCUT2D eigenvalue weighted by atomic mass is 9.84. The minimum atomic E-state index is -0.760. The Morgan fingerprint density at radius 1 is 1.40 bits per heavy atom. The Bertz CT molecular complexity index is 545. The van der Waals surface area contributed by atoms with E-state index in [4.69, 9.17) is 0 Å². The van der Waals surface area contributed by atoms with Crippen LogP contribution < -0.4 is 5.32 Å². The van der Waals surface area contributed by atoms with Crippen LogP contribution in [0.25, 0.3) is 0 Å². The van der Waals surface area contributed by atoms with E-state index < -0.39 is 10.9 Å². The summed E-state index contributed by atoms with van der Waals surface area (Å²) in [4.78, 5) is 25.1. The SMILES string of the molecule is O=C(O)C1C2CCC(C2)C1Nc1ccc([N+](=O)[O-])nc1. The van der Waals surface area contributed by atoms with Gasteiger partial charge in [0.15, 0.2) is 6.20 Å². The maximum absolute atomic E-state index is 11.4. The summed E-state index contributed by atoms with van der Waals surface area (Å²) in [5.41, 5.74) is 0.638. The largest absolute Gasteiger partial charge is 0.481 e. The first kappa shape index (κ1) is 12.8. The predicted octanol–water partition coefficient (Wildman–Crippen LogP) is 1.90. The molecule has 7 heteroatoms. The van der Waals surface area contributed by atoms with Crippen LogP contribution in [0, 0.1) is 27.9 Å². The number of nitrogens with one attached hydrogen (secondary N) is 1. The maximum Gasteiger partial charge on any atom is 0.363 e. The fourth-order valence-corrected chi connectivity index (χ4v) is 3.63. The molecule has 1 heterocycles. The molecule has 0 radical (unpaired) electrons. The predicted molar refractivity (Wildman–Crippen MR) is 70.3 cm³/mol. The van der Waals surface area contributed by atoms with Crippen LogP contribution in [0.1, 0.15) is 19.3 Å². The Morgan fingerprint density at radius 3 is 2.75 bits per heavy atom. The summed E-state index contributed by atoms with van der Waals surface area (Å²) in [6, 6.07) is 2.80. The van der Waals surface area contributed by atoms with Crippen LogP contribution in [0.15, 0.2) is 18.3 Å². The van der Waals surface area contributed by atoms with Crippen LogP contribution in [0.2, 0.25) is 0 Å². The summed E-state index contributed by atoms with van der Waals surface area (Å²) in [6.45, 7) is 0. The molecule has 0 aromatic carbocycles. The van der Waals surface area contributed by atoms with Gasteiger partial charge in [-0.15, -0.1) is 0 Å². The van der Waals surface area contributed by atoms with Crippen molar-refractivity contribution < 1.29 is 14.8 Å². The number of fused-ring (bicyclic) bond motifs is 2. The molecule has 7 nitrogen and oxygen atoms in total. The van der Waals surface area contributed by atoms with Crippen LogP contribution >= 0.6 is 0 Å². The number of carboxylic acids is 1. The number of hydrogen-bond donors (Lipinski definition) is 2. The monoisotopic (exact) mass is 277 g/mol. The molecule has 2 aliphatic rings. The van der Waals surface area contributed by atoms with Crippen molar-refractivity contribution in [2.24, 2.45) is 17.8 Å². The van der Waals surface area contributed by atoms with Gasteiger partial charge in [-0.2, -0.15) is 0 Å². The first-order chi connectivity index (χ1) is 9.56. The summed E-state index contributed by atoms with van der Waals surface area (Å²) in [6.07, 6.45) is 4.38. The number of pyridine rings is 1. The molecule has 0 aliphatic heterocycles. The molecule has 0 amide bonds. The Labute approximate surface area is 115 Å². The molecular weight excluding hydrogens is 262 g/mol. The number of carboxylic acid groups (broad SMARTS) is 1. The maximum atomic E-state index is 11.4. The van der Waals surface area contributed by atoms with E-state index in [1.54, 1.807) is 6.07 Å². The summed E-state index contributed by atoms with van der Waals surface area (Å²) < 4.78 is 0. The van der Waals surface area contributed by atoms with Crippen molar-refractivity contribution in [1.29, 1.82) is 0 Å². The van der Waals surface area contributed by atoms with E-state index in [9.17, 15) is 20.0 Å². The molecule has 20 heavy (non-hydrogen) atoms. The highest BCUT2D eigenvalue weighted by Gasteiger charge is 2.51. The van der Waals surface area contributed by atoms with Crippen LogP contribution in [0.3, 0.4) is 0 Å². The van der Waals surface area contributed by atoms with Gasteiger partial charge in [-0.3, -0.25) is 4.79 Å². The second-order valence-electron chi connectivity index (χ2n) is 5.53. The van der Waals surface area contributed by atoms with Gasteiger partial charge in [0, 0.05) is 12.1 Å². The molecule has 3 rings (SSSR count). The Hall–Kier alpha value is -2.18. The van der Waals surface area contributed by atoms with E-state index in [0.717, 1.165) is 19.3 Å². The zero-order chi connectivity index (χ0) is 14.3. The number of carbonyl (C=O) groups is 1. The van der Waals surface area contributed by atoms with Gasteiger partial charge >= 0.3 is 11.8 Å². The number of anilines is 1. The molecule has 4 atom stereocenters. The molecule has 2 saturated carbocycles. The van der Waals surface area contributed by atoms with E-state index in [-0.39, 0.29) is 23.7 Å². The standard InChI is InChI=1S/C13H15N3O4/c17-13(18)11-7-1-2-8(5-7)12(11)15-9-3-4-10(14-6-9)16(19)20/h3-4,6-8,11-12,15H,1-2,5H2,(H,17,18). The zero-order valence-corrected chi connectivity index (χ0v) is 10.7. The van der Waals surface area contributed by atoms with E-state index in [0.29, 0.717) is 11.6 Å². The van der Waals surface area contributed by atoms with Crippen molar-refractivity contribution in [3.8, 4) is 0 Å². The normalized spacial score (nSPS) is 31.2. The minimum Gasteiger partial charge on any atom is -0.481 e. The highest BCUT2D eigenvalue weighted by atomic mass is 16.6. The van der Waals surface area contributed by atoms with E-state index in [1.807, 2.05) is 0 Å². The second kappa shape index (κ2) is 4.73. The average Bonchev–Trinajstić information content (AvgIpc) is 3.00. The lowest BCUT2D eigenvalue weighted by Crippen LogP contribution is -2.39. The number of aliphatic carboxylic acids is 1. The molecule has 2 N–H and O–H groups in total. The lowest BCUT2D eigenvalue weighted by molar-refractivity contribution is -0.389. The van der Waals surface area contributed by atoms with Crippen molar-refractivity contribution in [1.82, 2.24) is 4.98 Å². The van der Waals surface area contributed by atoms with Crippen LogP contribution in [0.5, 0.6) is 0 Å². The molecule has 106 valence electrons. The molecule has 1 aromatic rings. The molecule has 1 aromatic heterocycles. The van der Waals surface area contributed by atoms with Gasteiger partial charge in [0.1, 0.15) is 0 Å². The van der Waals surface area contributed by atoms with E-state index in [1.165, 1.54) is 12.3 Å². The second-order valence-corrected chi connectivity index (χ2v) is 5.53. The Morgan fingerprint density at radius 2 is 2.15 bits per heavy atom. The summed E-state index contributed by atoms with van der Waals surface area (Å²) in [7, 11) is 0. The van der Waals surface area contributed by atoms with Crippen molar-refractivity contribution in [2.45, 2.75) is 25.3 Å². The van der Waals surface area contributed by atoms with E-state index >= 15 is 0 Å². The summed E-state index contributed by atoms with van der Waals surface area (Å²) in [5, 5.41) is 23.1. The zero-order valence-electron chi connectivity index (χ0n) is 10.7. The van der Waals surface area contributed by atoms with Crippen LogP contribution in [-0.2, 0) is 4.79 Å². The lowest BCUT2D eigenvalue weighted by Gasteiger charge is -2.29.